The summed E-state index contributed by atoms with van der Waals surface area (Å²) in [4.78, 5) is 29.2. The normalized spacial score (nSPS) is 19.5. The predicted octanol–water partition coefficient (Wildman–Crippen LogP) is 0.138. The van der Waals surface area contributed by atoms with Gasteiger partial charge in [0.1, 0.15) is 11.8 Å². The number of nitrogens with one attached hydrogen (secondary N) is 1. The zero-order chi connectivity index (χ0) is 13.1. The quantitative estimate of drug-likeness (QED) is 0.781. The maximum absolute atomic E-state index is 12.3. The van der Waals surface area contributed by atoms with E-state index in [1.165, 1.54) is 23.4 Å². The number of piperazine rings is 1. The van der Waals surface area contributed by atoms with E-state index in [2.05, 4.69) is 10.3 Å². The van der Waals surface area contributed by atoms with Crippen LogP contribution in [0.1, 0.15) is 23.7 Å². The van der Waals surface area contributed by atoms with E-state index in [4.69, 9.17) is 0 Å². The van der Waals surface area contributed by atoms with Gasteiger partial charge in [-0.05, 0) is 12.5 Å². The lowest BCUT2D eigenvalue weighted by Gasteiger charge is -2.34. The van der Waals surface area contributed by atoms with Crippen molar-refractivity contribution < 1.29 is 14.7 Å². The van der Waals surface area contributed by atoms with E-state index in [1.807, 2.05) is 6.92 Å². The predicted molar refractivity (Wildman–Crippen MR) is 64.0 cm³/mol. The fourth-order valence-electron chi connectivity index (χ4n) is 2.09. The molecule has 1 aliphatic rings. The van der Waals surface area contributed by atoms with Crippen LogP contribution in [0.2, 0.25) is 0 Å². The van der Waals surface area contributed by atoms with Gasteiger partial charge in [0, 0.05) is 19.3 Å². The maximum Gasteiger partial charge on any atom is 0.258 e. The SMILES string of the molecule is CCC1C(=O)NCCN1C(=O)c1ccncc1O. The first kappa shape index (κ1) is 12.3. The summed E-state index contributed by atoms with van der Waals surface area (Å²) < 4.78 is 0. The van der Waals surface area contributed by atoms with Crippen molar-refractivity contribution in [1.82, 2.24) is 15.2 Å². The number of aromatic hydroxyl groups is 1. The van der Waals surface area contributed by atoms with Crippen LogP contribution in [-0.2, 0) is 4.79 Å². The Bertz CT molecular complexity index is 475. The van der Waals surface area contributed by atoms with E-state index in [0.717, 1.165) is 0 Å². The van der Waals surface area contributed by atoms with Gasteiger partial charge in [0.15, 0.2) is 0 Å². The zero-order valence-corrected chi connectivity index (χ0v) is 10.1. The number of hydrogen-bond acceptors (Lipinski definition) is 4. The molecule has 1 aromatic heterocycles. The van der Waals surface area contributed by atoms with Crippen LogP contribution >= 0.6 is 0 Å². The molecule has 18 heavy (non-hydrogen) atoms. The van der Waals surface area contributed by atoms with Crippen molar-refractivity contribution in [2.45, 2.75) is 19.4 Å². The van der Waals surface area contributed by atoms with Gasteiger partial charge in [0.2, 0.25) is 5.91 Å². The Morgan fingerprint density at radius 1 is 1.67 bits per heavy atom. The Kier molecular flexibility index (Phi) is 3.45. The van der Waals surface area contributed by atoms with Crippen molar-refractivity contribution >= 4 is 11.8 Å². The Hall–Kier alpha value is -2.11. The molecule has 1 fully saturated rings. The summed E-state index contributed by atoms with van der Waals surface area (Å²) in [6.45, 7) is 2.74. The van der Waals surface area contributed by atoms with Crippen LogP contribution < -0.4 is 5.32 Å². The summed E-state index contributed by atoms with van der Waals surface area (Å²) in [5.74, 6) is -0.648. The van der Waals surface area contributed by atoms with Gasteiger partial charge in [-0.1, -0.05) is 6.92 Å². The van der Waals surface area contributed by atoms with Crippen LogP contribution in [0.4, 0.5) is 0 Å². The van der Waals surface area contributed by atoms with E-state index in [-0.39, 0.29) is 23.1 Å². The number of nitrogens with zero attached hydrogens (tertiary/aromatic N) is 2. The van der Waals surface area contributed by atoms with Crippen LogP contribution in [0.5, 0.6) is 5.75 Å². The van der Waals surface area contributed by atoms with Crippen molar-refractivity contribution in [2.24, 2.45) is 0 Å². The Morgan fingerprint density at radius 2 is 2.44 bits per heavy atom. The third-order valence-electron chi connectivity index (χ3n) is 3.01. The molecular formula is C12H15N3O3. The van der Waals surface area contributed by atoms with Gasteiger partial charge in [-0.25, -0.2) is 0 Å². The molecule has 96 valence electrons. The molecule has 1 aliphatic heterocycles. The molecule has 1 saturated heterocycles. The summed E-state index contributed by atoms with van der Waals surface area (Å²) in [6, 6.07) is 0.982. The van der Waals surface area contributed by atoms with Crippen molar-refractivity contribution in [1.29, 1.82) is 0 Å². The fraction of sp³-hybridized carbons (Fsp3) is 0.417. The number of amides is 2. The van der Waals surface area contributed by atoms with Crippen LogP contribution in [0, 0.1) is 0 Å². The average molecular weight is 249 g/mol. The summed E-state index contributed by atoms with van der Waals surface area (Å²) in [6.07, 6.45) is 3.21. The monoisotopic (exact) mass is 249 g/mol. The van der Waals surface area contributed by atoms with Crippen LogP contribution in [0.3, 0.4) is 0 Å². The molecule has 0 aromatic carbocycles. The molecule has 1 aromatic rings. The highest BCUT2D eigenvalue weighted by Crippen LogP contribution is 2.19. The molecule has 1 atom stereocenters. The molecule has 1 unspecified atom stereocenters. The van der Waals surface area contributed by atoms with Gasteiger partial charge in [-0.15, -0.1) is 0 Å². The molecule has 0 saturated carbocycles. The molecule has 6 heteroatoms. The van der Waals surface area contributed by atoms with E-state index < -0.39 is 6.04 Å². The minimum atomic E-state index is -0.473. The molecule has 2 N–H and O–H groups in total. The van der Waals surface area contributed by atoms with Gasteiger partial charge in [-0.2, -0.15) is 0 Å². The second-order valence-corrected chi connectivity index (χ2v) is 4.11. The maximum atomic E-state index is 12.3. The topological polar surface area (TPSA) is 82.5 Å². The number of aromatic nitrogens is 1. The standard InChI is InChI=1S/C12H15N3O3/c1-2-9-11(17)14-5-6-15(9)12(18)8-3-4-13-7-10(8)16/h3-4,7,9,16H,2,5-6H2,1H3,(H,14,17). The van der Waals surface area contributed by atoms with E-state index in [9.17, 15) is 14.7 Å². The molecule has 0 radical (unpaired) electrons. The van der Waals surface area contributed by atoms with Crippen molar-refractivity contribution in [3.63, 3.8) is 0 Å². The molecule has 2 amide bonds. The molecular weight excluding hydrogens is 234 g/mol. The Balaban J connectivity index is 2.27. The highest BCUT2D eigenvalue weighted by atomic mass is 16.3. The van der Waals surface area contributed by atoms with Gasteiger partial charge in [-0.3, -0.25) is 14.6 Å². The smallest absolute Gasteiger partial charge is 0.258 e. The number of carbonyl (C=O) groups excluding carboxylic acids is 2. The third-order valence-corrected chi connectivity index (χ3v) is 3.01. The number of pyridine rings is 1. The largest absolute Gasteiger partial charge is 0.505 e. The number of rotatable bonds is 2. The minimum absolute atomic E-state index is 0.148. The summed E-state index contributed by atoms with van der Waals surface area (Å²) in [5, 5.41) is 12.4. The second-order valence-electron chi connectivity index (χ2n) is 4.11. The lowest BCUT2D eigenvalue weighted by atomic mass is 10.1. The lowest BCUT2D eigenvalue weighted by molar-refractivity contribution is -0.127. The number of hydrogen-bond donors (Lipinski definition) is 2. The van der Waals surface area contributed by atoms with Crippen LogP contribution in [-0.4, -0.2) is 45.9 Å². The van der Waals surface area contributed by atoms with E-state index >= 15 is 0 Å². The highest BCUT2D eigenvalue weighted by molar-refractivity contribution is 5.99. The average Bonchev–Trinajstić information content (AvgIpc) is 2.38. The summed E-state index contributed by atoms with van der Waals surface area (Å²) in [7, 11) is 0. The first-order chi connectivity index (χ1) is 8.65. The molecule has 0 bridgehead atoms. The first-order valence-corrected chi connectivity index (χ1v) is 5.86. The number of carbonyl (C=O) groups is 2. The molecule has 6 nitrogen and oxygen atoms in total. The summed E-state index contributed by atoms with van der Waals surface area (Å²) >= 11 is 0. The molecule has 2 rings (SSSR count). The van der Waals surface area contributed by atoms with Gasteiger partial charge in [0.25, 0.3) is 5.91 Å². The third kappa shape index (κ3) is 2.13. The Morgan fingerprint density at radius 3 is 3.11 bits per heavy atom. The minimum Gasteiger partial charge on any atom is -0.505 e. The van der Waals surface area contributed by atoms with Gasteiger partial charge in [0.05, 0.1) is 11.8 Å². The molecule has 2 heterocycles. The molecule has 0 spiro atoms. The lowest BCUT2D eigenvalue weighted by Crippen LogP contribution is -2.56. The zero-order valence-electron chi connectivity index (χ0n) is 10.1. The highest BCUT2D eigenvalue weighted by Gasteiger charge is 2.32. The molecule has 0 aliphatic carbocycles. The Labute approximate surface area is 105 Å². The first-order valence-electron chi connectivity index (χ1n) is 5.86. The van der Waals surface area contributed by atoms with Crippen LogP contribution in [0.15, 0.2) is 18.5 Å². The van der Waals surface area contributed by atoms with Gasteiger partial charge < -0.3 is 15.3 Å². The van der Waals surface area contributed by atoms with Crippen molar-refractivity contribution in [3.05, 3.63) is 24.0 Å². The summed E-state index contributed by atoms with van der Waals surface area (Å²) in [5.41, 5.74) is 0.179. The van der Waals surface area contributed by atoms with E-state index in [1.54, 1.807) is 0 Å². The van der Waals surface area contributed by atoms with Crippen molar-refractivity contribution in [2.75, 3.05) is 13.1 Å². The van der Waals surface area contributed by atoms with Crippen LogP contribution in [0.25, 0.3) is 0 Å². The second kappa shape index (κ2) is 5.03. The van der Waals surface area contributed by atoms with Crippen molar-refractivity contribution in [3.8, 4) is 5.75 Å². The fourth-order valence-corrected chi connectivity index (χ4v) is 2.09. The van der Waals surface area contributed by atoms with Gasteiger partial charge >= 0.3 is 0 Å². The van der Waals surface area contributed by atoms with E-state index in [0.29, 0.717) is 19.5 Å².